The van der Waals surface area contributed by atoms with E-state index in [9.17, 15) is 18.0 Å². The van der Waals surface area contributed by atoms with Crippen LogP contribution in [0.2, 0.25) is 0 Å². The number of benzene rings is 5. The normalized spacial score (nSPS) is 12.6. The van der Waals surface area contributed by atoms with E-state index in [2.05, 4.69) is 15.4 Å². The van der Waals surface area contributed by atoms with Crippen molar-refractivity contribution < 1.29 is 18.0 Å². The van der Waals surface area contributed by atoms with Gasteiger partial charge in [0.05, 0.1) is 5.75 Å². The molecule has 8 N–H and O–H groups in total. The van der Waals surface area contributed by atoms with Crippen LogP contribution in [0.5, 0.6) is 0 Å². The second-order valence-corrected chi connectivity index (χ2v) is 13.7. The highest BCUT2D eigenvalue weighted by Gasteiger charge is 2.29. The molecule has 5 rings (SSSR count). The van der Waals surface area contributed by atoms with Crippen LogP contribution in [-0.2, 0) is 51.3 Å². The molecular weight excluding hydrogens is 637 g/mol. The van der Waals surface area contributed by atoms with E-state index in [0.29, 0.717) is 17.7 Å². The number of carbonyl (C=O) groups excluding carboxylic acids is 2. The zero-order chi connectivity index (χ0) is 34.8. The zero-order valence-corrected chi connectivity index (χ0v) is 27.7. The number of fused-ring (bicyclic) bond motifs is 1. The molecule has 0 radical (unpaired) electrons. The van der Waals surface area contributed by atoms with Gasteiger partial charge in [0.15, 0.2) is 0 Å². The number of carbonyl (C=O) groups is 2. The molecule has 0 aliphatic carbocycles. The molecule has 5 aromatic carbocycles. The van der Waals surface area contributed by atoms with Gasteiger partial charge in [-0.05, 0) is 45.0 Å². The minimum Gasteiger partial charge on any atom is -0.384 e. The van der Waals surface area contributed by atoms with Gasteiger partial charge in [-0.15, -0.1) is 0 Å². The highest BCUT2D eigenvalue weighted by atomic mass is 32.2. The van der Waals surface area contributed by atoms with Crippen molar-refractivity contribution in [2.45, 2.75) is 43.8 Å². The minimum absolute atomic E-state index is 0.0595. The van der Waals surface area contributed by atoms with Crippen molar-refractivity contribution in [2.24, 2.45) is 11.5 Å². The topological polar surface area (TPSA) is 180 Å². The number of nitrogens with two attached hydrogens (primary N) is 2. The highest BCUT2D eigenvalue weighted by molar-refractivity contribution is 7.88. The summed E-state index contributed by atoms with van der Waals surface area (Å²) >= 11 is 0. The number of hydrogen-bond donors (Lipinski definition) is 6. The maximum absolute atomic E-state index is 14.1. The van der Waals surface area contributed by atoms with Gasteiger partial charge in [-0.1, -0.05) is 121 Å². The van der Waals surface area contributed by atoms with E-state index in [0.717, 1.165) is 33.0 Å². The van der Waals surface area contributed by atoms with Crippen LogP contribution >= 0.6 is 0 Å². The van der Waals surface area contributed by atoms with E-state index in [1.807, 2.05) is 66.7 Å². The van der Waals surface area contributed by atoms with E-state index < -0.39 is 33.9 Å². The molecule has 0 aliphatic heterocycles. The molecule has 2 atom stereocenters. The van der Waals surface area contributed by atoms with Gasteiger partial charge < -0.3 is 22.1 Å². The molecule has 5 aromatic rings. The molecule has 11 heteroatoms. The number of amidine groups is 1. The summed E-state index contributed by atoms with van der Waals surface area (Å²) in [6, 6.07) is 34.4. The van der Waals surface area contributed by atoms with E-state index in [1.165, 1.54) is 0 Å². The number of nitrogens with one attached hydrogen (secondary N) is 4. The first-order valence-electron chi connectivity index (χ1n) is 15.9. The molecule has 0 unspecified atom stereocenters. The summed E-state index contributed by atoms with van der Waals surface area (Å²) in [6.45, 7) is 0.473. The Balaban J connectivity index is 1.40. The van der Waals surface area contributed by atoms with Crippen molar-refractivity contribution in [2.75, 3.05) is 0 Å². The van der Waals surface area contributed by atoms with Gasteiger partial charge in [-0.3, -0.25) is 15.0 Å². The van der Waals surface area contributed by atoms with Gasteiger partial charge in [0, 0.05) is 25.1 Å². The van der Waals surface area contributed by atoms with Gasteiger partial charge in [0.1, 0.15) is 17.9 Å². The zero-order valence-electron chi connectivity index (χ0n) is 26.9. The summed E-state index contributed by atoms with van der Waals surface area (Å²) in [6.07, 6.45) is 0.207. The maximum atomic E-state index is 14.1. The predicted octanol–water partition coefficient (Wildman–Crippen LogP) is 3.66. The first-order chi connectivity index (χ1) is 23.6. The van der Waals surface area contributed by atoms with Crippen molar-refractivity contribution in [1.82, 2.24) is 15.4 Å². The highest BCUT2D eigenvalue weighted by Crippen LogP contribution is 2.18. The lowest BCUT2D eigenvalue weighted by molar-refractivity contribution is -0.129. The summed E-state index contributed by atoms with van der Waals surface area (Å²) in [4.78, 5) is 27.8. The summed E-state index contributed by atoms with van der Waals surface area (Å²) in [7, 11) is -3.97. The lowest BCUT2D eigenvalue weighted by Gasteiger charge is -2.24. The molecule has 10 nitrogen and oxygen atoms in total. The number of rotatable bonds is 15. The van der Waals surface area contributed by atoms with Crippen molar-refractivity contribution in [3.05, 3.63) is 155 Å². The van der Waals surface area contributed by atoms with Crippen LogP contribution in [0.3, 0.4) is 0 Å². The third kappa shape index (κ3) is 10.1. The third-order valence-corrected chi connectivity index (χ3v) is 9.48. The fourth-order valence-corrected chi connectivity index (χ4v) is 6.90. The maximum Gasteiger partial charge on any atom is 0.243 e. The molecule has 0 spiro atoms. The largest absolute Gasteiger partial charge is 0.384 e. The molecular formula is C38H40N6O4S. The van der Waals surface area contributed by atoms with Gasteiger partial charge in [0.2, 0.25) is 21.8 Å². The van der Waals surface area contributed by atoms with E-state index in [-0.39, 0.29) is 31.0 Å². The molecule has 0 saturated carbocycles. The van der Waals surface area contributed by atoms with Crippen LogP contribution in [0.4, 0.5) is 0 Å². The Labute approximate surface area is 286 Å². The van der Waals surface area contributed by atoms with Crippen LogP contribution in [0.25, 0.3) is 10.8 Å². The fraction of sp³-hybridized carbons (Fsp3) is 0.184. The van der Waals surface area contributed by atoms with Crippen molar-refractivity contribution in [3.8, 4) is 0 Å². The quantitative estimate of drug-likeness (QED) is 0.0727. The minimum atomic E-state index is -3.97. The lowest BCUT2D eigenvalue weighted by atomic mass is 10.00. The van der Waals surface area contributed by atoms with Gasteiger partial charge in [-0.25, -0.2) is 13.1 Å². The first kappa shape index (κ1) is 35.0. The smallest absolute Gasteiger partial charge is 0.243 e. The van der Waals surface area contributed by atoms with Crippen molar-refractivity contribution in [1.29, 1.82) is 5.41 Å². The van der Waals surface area contributed by atoms with Crippen molar-refractivity contribution in [3.63, 3.8) is 0 Å². The third-order valence-electron chi connectivity index (χ3n) is 8.12. The Morgan fingerprint density at radius 3 is 1.98 bits per heavy atom. The van der Waals surface area contributed by atoms with Gasteiger partial charge >= 0.3 is 0 Å². The average molecular weight is 677 g/mol. The molecule has 2 amide bonds. The van der Waals surface area contributed by atoms with E-state index >= 15 is 0 Å². The van der Waals surface area contributed by atoms with Gasteiger partial charge in [0.25, 0.3) is 0 Å². The standard InChI is InChI=1S/C38H40N6O4S/c39-23-30-10-6-9-28(19-30)21-34(37(45)42-24-26-13-17-32(18-14-26)36(40)41)43-38(46)35(44-49(47,48)25-27-7-2-1-3-8-27)22-29-15-16-31-11-4-5-12-33(31)20-29/h1-20,34-35,44H,21-25,39H2,(H3,40,41)(H,42,45)(H,43,46)/t34-,35+/m0/s1. The van der Waals surface area contributed by atoms with Gasteiger partial charge in [-0.2, -0.15) is 0 Å². The van der Waals surface area contributed by atoms with Crippen LogP contribution in [-0.4, -0.2) is 38.2 Å². The molecule has 0 aliphatic rings. The summed E-state index contributed by atoms with van der Waals surface area (Å²) in [5, 5.41) is 15.3. The Hall–Kier alpha value is -5.36. The predicted molar refractivity (Wildman–Crippen MR) is 193 cm³/mol. The van der Waals surface area contributed by atoms with E-state index in [4.69, 9.17) is 16.9 Å². The summed E-state index contributed by atoms with van der Waals surface area (Å²) in [5.74, 6) is -1.45. The summed E-state index contributed by atoms with van der Waals surface area (Å²) < 4.78 is 29.5. The fourth-order valence-electron chi connectivity index (χ4n) is 5.56. The monoisotopic (exact) mass is 676 g/mol. The number of amides is 2. The molecule has 0 saturated heterocycles. The van der Waals surface area contributed by atoms with Crippen LogP contribution in [0, 0.1) is 5.41 Å². The Kier molecular flexibility index (Phi) is 11.5. The second-order valence-electron chi connectivity index (χ2n) is 11.9. The number of sulfonamides is 1. The molecule has 0 fully saturated rings. The molecule has 0 bridgehead atoms. The average Bonchev–Trinajstić information content (AvgIpc) is 3.10. The van der Waals surface area contributed by atoms with Crippen LogP contribution in [0.1, 0.15) is 33.4 Å². The van der Waals surface area contributed by atoms with Crippen LogP contribution in [0.15, 0.2) is 121 Å². The molecule has 252 valence electrons. The Morgan fingerprint density at radius 1 is 0.653 bits per heavy atom. The van der Waals surface area contributed by atoms with Crippen LogP contribution < -0.4 is 26.8 Å². The molecule has 49 heavy (non-hydrogen) atoms. The molecule has 0 aromatic heterocycles. The second kappa shape index (κ2) is 16.2. The van der Waals surface area contributed by atoms with E-state index in [1.54, 1.807) is 54.6 Å². The number of nitrogen functional groups attached to an aromatic ring is 1. The van der Waals surface area contributed by atoms with Crippen molar-refractivity contribution >= 4 is 38.4 Å². The number of hydrogen-bond acceptors (Lipinski definition) is 6. The Morgan fingerprint density at radius 2 is 1.27 bits per heavy atom. The first-order valence-corrected chi connectivity index (χ1v) is 17.5. The molecule has 0 heterocycles. The Bertz CT molecular complexity index is 2040. The summed E-state index contributed by atoms with van der Waals surface area (Å²) in [5.41, 5.74) is 15.7. The lowest BCUT2D eigenvalue weighted by Crippen LogP contribution is -2.55. The SMILES string of the molecule is N=C(N)c1ccc(CNC(=O)[C@H](Cc2cccc(CN)c2)NC(=O)[C@@H](Cc2ccc3ccccc3c2)NS(=O)(=O)Cc2ccccc2)cc1.